The molecule has 0 saturated heterocycles. The second-order valence-corrected chi connectivity index (χ2v) is 4.19. The summed E-state index contributed by atoms with van der Waals surface area (Å²) in [5.74, 6) is -0.123. The third-order valence-electron chi connectivity index (χ3n) is 1.85. The van der Waals surface area contributed by atoms with Gasteiger partial charge in [0, 0.05) is 9.49 Å². The van der Waals surface area contributed by atoms with Crippen LogP contribution in [0.15, 0.2) is 18.2 Å². The molecule has 0 aliphatic heterocycles. The van der Waals surface area contributed by atoms with Crippen molar-refractivity contribution in [3.63, 3.8) is 0 Å². The monoisotopic (exact) mass is 289 g/mol. The van der Waals surface area contributed by atoms with E-state index in [2.05, 4.69) is 28.7 Å². The number of halogens is 2. The van der Waals surface area contributed by atoms with Gasteiger partial charge in [-0.2, -0.15) is 5.26 Å². The summed E-state index contributed by atoms with van der Waals surface area (Å²) in [6, 6.07) is 7.50. The highest BCUT2D eigenvalue weighted by Crippen LogP contribution is 2.20. The number of nitrogens with zero attached hydrogens (tertiary/aromatic N) is 1. The topological polar surface area (TPSA) is 23.8 Å². The van der Waals surface area contributed by atoms with Crippen LogP contribution < -0.4 is 0 Å². The Hall–Kier alpha value is -0.630. The van der Waals surface area contributed by atoms with Crippen LogP contribution in [0.2, 0.25) is 0 Å². The number of rotatable bonds is 2. The molecule has 0 N–H and O–H groups in total. The fourth-order valence-corrected chi connectivity index (χ4v) is 1.75. The highest BCUT2D eigenvalue weighted by molar-refractivity contribution is 14.1. The van der Waals surface area contributed by atoms with Crippen LogP contribution in [0.1, 0.15) is 24.0 Å². The lowest BCUT2D eigenvalue weighted by molar-refractivity contribution is 0.447. The van der Waals surface area contributed by atoms with Crippen molar-refractivity contribution in [2.75, 3.05) is 6.67 Å². The largest absolute Gasteiger partial charge is 0.250 e. The standard InChI is InChI=1S/C10H9FIN/c1-7(5-11)9-2-8(6-13)3-10(12)4-9/h2-4,7H,5H2,1H3. The van der Waals surface area contributed by atoms with Crippen LogP contribution in [0.25, 0.3) is 0 Å². The summed E-state index contributed by atoms with van der Waals surface area (Å²) in [6.07, 6.45) is 0. The average molecular weight is 289 g/mol. The number of benzene rings is 1. The first-order valence-electron chi connectivity index (χ1n) is 3.94. The quantitative estimate of drug-likeness (QED) is 0.767. The molecule has 0 heterocycles. The lowest BCUT2D eigenvalue weighted by Gasteiger charge is -2.07. The third-order valence-corrected chi connectivity index (χ3v) is 2.47. The van der Waals surface area contributed by atoms with E-state index in [1.165, 1.54) is 0 Å². The molecule has 0 radical (unpaired) electrons. The predicted molar refractivity (Wildman–Crippen MR) is 58.3 cm³/mol. The zero-order chi connectivity index (χ0) is 9.84. The molecule has 0 fully saturated rings. The van der Waals surface area contributed by atoms with E-state index >= 15 is 0 Å². The molecule has 0 saturated carbocycles. The van der Waals surface area contributed by atoms with Gasteiger partial charge in [-0.05, 0) is 46.4 Å². The van der Waals surface area contributed by atoms with Crippen LogP contribution in [-0.2, 0) is 0 Å². The van der Waals surface area contributed by atoms with Gasteiger partial charge in [-0.3, -0.25) is 4.39 Å². The van der Waals surface area contributed by atoms with Gasteiger partial charge in [0.2, 0.25) is 0 Å². The molecule has 0 spiro atoms. The summed E-state index contributed by atoms with van der Waals surface area (Å²) in [7, 11) is 0. The van der Waals surface area contributed by atoms with Crippen LogP contribution in [0.3, 0.4) is 0 Å². The number of hydrogen-bond donors (Lipinski definition) is 0. The second kappa shape index (κ2) is 4.56. The van der Waals surface area contributed by atoms with E-state index in [1.54, 1.807) is 12.1 Å². The van der Waals surface area contributed by atoms with Crippen LogP contribution in [0.4, 0.5) is 4.39 Å². The Morgan fingerprint density at radius 3 is 2.77 bits per heavy atom. The first kappa shape index (κ1) is 10.5. The van der Waals surface area contributed by atoms with Crippen molar-refractivity contribution in [3.05, 3.63) is 32.9 Å². The normalized spacial score (nSPS) is 12.2. The SMILES string of the molecule is CC(CF)c1cc(I)cc(C#N)c1. The van der Waals surface area contributed by atoms with Crippen molar-refractivity contribution in [2.45, 2.75) is 12.8 Å². The summed E-state index contributed by atoms with van der Waals surface area (Å²) >= 11 is 2.13. The van der Waals surface area contributed by atoms with Gasteiger partial charge in [0.1, 0.15) is 0 Å². The number of alkyl halides is 1. The van der Waals surface area contributed by atoms with Gasteiger partial charge >= 0.3 is 0 Å². The van der Waals surface area contributed by atoms with Crippen molar-refractivity contribution in [2.24, 2.45) is 0 Å². The lowest BCUT2D eigenvalue weighted by Crippen LogP contribution is -1.96. The average Bonchev–Trinajstić information content (AvgIpc) is 2.15. The maximum Gasteiger partial charge on any atom is 0.0992 e. The Kier molecular flexibility index (Phi) is 3.67. The van der Waals surface area contributed by atoms with Crippen molar-refractivity contribution in [1.82, 2.24) is 0 Å². The van der Waals surface area contributed by atoms with Crippen molar-refractivity contribution >= 4 is 22.6 Å². The summed E-state index contributed by atoms with van der Waals surface area (Å²) < 4.78 is 13.3. The molecule has 1 rings (SSSR count). The molecule has 0 aromatic heterocycles. The van der Waals surface area contributed by atoms with Crippen LogP contribution >= 0.6 is 22.6 Å². The van der Waals surface area contributed by atoms with Gasteiger partial charge in [-0.1, -0.05) is 6.92 Å². The molecule has 68 valence electrons. The van der Waals surface area contributed by atoms with Crippen LogP contribution in [-0.4, -0.2) is 6.67 Å². The van der Waals surface area contributed by atoms with E-state index in [-0.39, 0.29) is 12.6 Å². The van der Waals surface area contributed by atoms with Gasteiger partial charge in [0.05, 0.1) is 18.3 Å². The van der Waals surface area contributed by atoms with Crippen LogP contribution in [0.5, 0.6) is 0 Å². The number of nitriles is 1. The first-order valence-corrected chi connectivity index (χ1v) is 5.01. The summed E-state index contributed by atoms with van der Waals surface area (Å²) in [4.78, 5) is 0. The molecule has 1 atom stereocenters. The number of hydrogen-bond acceptors (Lipinski definition) is 1. The molecule has 13 heavy (non-hydrogen) atoms. The van der Waals surface area contributed by atoms with Gasteiger partial charge in [-0.15, -0.1) is 0 Å². The molecule has 0 aliphatic rings. The van der Waals surface area contributed by atoms with Crippen molar-refractivity contribution in [3.8, 4) is 6.07 Å². The molecule has 3 heteroatoms. The maximum atomic E-state index is 12.4. The molecule has 0 bridgehead atoms. The zero-order valence-electron chi connectivity index (χ0n) is 7.22. The summed E-state index contributed by atoms with van der Waals surface area (Å²) in [5, 5.41) is 8.69. The van der Waals surface area contributed by atoms with E-state index in [4.69, 9.17) is 5.26 Å². The molecule has 0 aliphatic carbocycles. The minimum Gasteiger partial charge on any atom is -0.250 e. The predicted octanol–water partition coefficient (Wildman–Crippen LogP) is 3.24. The molecule has 1 nitrogen and oxygen atoms in total. The molecule has 1 unspecified atom stereocenters. The Morgan fingerprint density at radius 1 is 1.54 bits per heavy atom. The van der Waals surface area contributed by atoms with Crippen molar-refractivity contribution < 1.29 is 4.39 Å². The van der Waals surface area contributed by atoms with Gasteiger partial charge < -0.3 is 0 Å². The summed E-state index contributed by atoms with van der Waals surface area (Å²) in [6.45, 7) is 1.43. The molecular formula is C10H9FIN. The zero-order valence-corrected chi connectivity index (χ0v) is 9.38. The Labute approximate surface area is 90.7 Å². The van der Waals surface area contributed by atoms with E-state index in [0.29, 0.717) is 5.56 Å². The molecule has 1 aromatic carbocycles. The minimum atomic E-state index is -0.384. The van der Waals surface area contributed by atoms with Gasteiger partial charge in [-0.25, -0.2) is 0 Å². The molecule has 0 amide bonds. The first-order chi connectivity index (χ1) is 6.17. The maximum absolute atomic E-state index is 12.4. The molecular weight excluding hydrogens is 280 g/mol. The smallest absolute Gasteiger partial charge is 0.0992 e. The Morgan fingerprint density at radius 2 is 2.23 bits per heavy atom. The fraction of sp³-hybridized carbons (Fsp3) is 0.300. The third kappa shape index (κ3) is 2.66. The fourth-order valence-electron chi connectivity index (χ4n) is 1.05. The van der Waals surface area contributed by atoms with Gasteiger partial charge in [0.15, 0.2) is 0 Å². The van der Waals surface area contributed by atoms with E-state index < -0.39 is 0 Å². The Balaban J connectivity index is 3.10. The summed E-state index contributed by atoms with van der Waals surface area (Å²) in [5.41, 5.74) is 1.49. The highest BCUT2D eigenvalue weighted by Gasteiger charge is 2.06. The Bertz CT molecular complexity index is 343. The van der Waals surface area contributed by atoms with Crippen molar-refractivity contribution in [1.29, 1.82) is 5.26 Å². The van der Waals surface area contributed by atoms with Crippen LogP contribution in [0, 0.1) is 14.9 Å². The van der Waals surface area contributed by atoms with E-state index in [0.717, 1.165) is 9.13 Å². The van der Waals surface area contributed by atoms with E-state index in [9.17, 15) is 4.39 Å². The minimum absolute atomic E-state index is 0.123. The molecule has 1 aromatic rings. The second-order valence-electron chi connectivity index (χ2n) is 2.94. The van der Waals surface area contributed by atoms with E-state index in [1.807, 2.05) is 13.0 Å². The lowest BCUT2D eigenvalue weighted by atomic mass is 10.0. The highest BCUT2D eigenvalue weighted by atomic mass is 127. The van der Waals surface area contributed by atoms with Gasteiger partial charge in [0.25, 0.3) is 0 Å².